The maximum absolute atomic E-state index is 11.8. The van der Waals surface area contributed by atoms with Crippen LogP contribution >= 0.6 is 0 Å². The Bertz CT molecular complexity index is 2710. The Morgan fingerprint density at radius 3 is 1.06 bits per heavy atom. The molecule has 0 spiro atoms. The van der Waals surface area contributed by atoms with Crippen LogP contribution in [0.2, 0.25) is 0 Å². The molecule has 0 radical (unpaired) electrons. The summed E-state index contributed by atoms with van der Waals surface area (Å²) in [5, 5.41) is 17.1. The van der Waals surface area contributed by atoms with Crippen molar-refractivity contribution in [3.05, 3.63) is 156 Å². The zero-order chi connectivity index (χ0) is 44.8. The van der Waals surface area contributed by atoms with Crippen LogP contribution < -0.4 is 10.6 Å². The number of carbonyl (C=O) groups excluding carboxylic acids is 2. The Kier molecular flexibility index (Phi) is 15.3. The van der Waals surface area contributed by atoms with Gasteiger partial charge < -0.3 is 10.6 Å². The molecule has 0 amide bonds. The predicted molar refractivity (Wildman–Crippen MR) is 275 cm³/mol. The number of hydrogen-bond donors (Lipinski definition) is 2. The van der Waals surface area contributed by atoms with Gasteiger partial charge in [0.2, 0.25) is 12.2 Å². The fraction of sp³-hybridized carbons (Fsp3) is 0.288. The maximum Gasteiger partial charge on any atom is 0.240 e. The van der Waals surface area contributed by atoms with Crippen molar-refractivity contribution in [3.8, 4) is 0 Å². The average molecular weight is 857 g/mol. The van der Waals surface area contributed by atoms with Gasteiger partial charge in [-0.2, -0.15) is 9.98 Å². The monoisotopic (exact) mass is 856 g/mol. The highest BCUT2D eigenvalue weighted by Crippen LogP contribution is 2.43. The molecule has 0 aliphatic rings. The minimum absolute atomic E-state index is 0.518. The fourth-order valence-corrected chi connectivity index (χ4v) is 9.79. The van der Waals surface area contributed by atoms with Gasteiger partial charge in [0.05, 0.1) is 34.1 Å². The van der Waals surface area contributed by atoms with Crippen molar-refractivity contribution in [1.29, 1.82) is 0 Å². The number of aryl methyl sites for hydroxylation is 2. The smallest absolute Gasteiger partial charge is 0.240 e. The van der Waals surface area contributed by atoms with E-state index in [0.717, 1.165) is 81.1 Å². The molecule has 0 saturated carbocycles. The Morgan fingerprint density at radius 2 is 0.723 bits per heavy atom. The molecule has 328 valence electrons. The molecule has 6 nitrogen and oxygen atoms in total. The SMILES string of the molecule is CCCCCCCCc1c2ccccc2c(Nc2cc(Cc3ccc(N=C=O)c(Nc4c5ccccc5c(CCCCCCCC)c5ccccc45)c3)ccc2N=C=O)c2ccccc12. The van der Waals surface area contributed by atoms with Crippen LogP contribution in [0.4, 0.5) is 34.1 Å². The third kappa shape index (κ3) is 10.4. The van der Waals surface area contributed by atoms with Crippen LogP contribution in [-0.4, -0.2) is 12.2 Å². The van der Waals surface area contributed by atoms with Gasteiger partial charge in [0.25, 0.3) is 0 Å². The van der Waals surface area contributed by atoms with E-state index in [9.17, 15) is 9.59 Å². The fourth-order valence-electron chi connectivity index (χ4n) is 9.79. The number of anilines is 4. The lowest BCUT2D eigenvalue weighted by Gasteiger charge is -2.20. The van der Waals surface area contributed by atoms with E-state index in [1.54, 1.807) is 12.2 Å². The van der Waals surface area contributed by atoms with Crippen molar-refractivity contribution < 1.29 is 9.59 Å². The second-order valence-corrected chi connectivity index (χ2v) is 17.5. The number of aliphatic imine (C=N–C) groups is 2. The molecule has 0 fully saturated rings. The largest absolute Gasteiger partial charge is 0.353 e. The lowest BCUT2D eigenvalue weighted by molar-refractivity contribution is 0.564. The van der Waals surface area contributed by atoms with E-state index in [-0.39, 0.29) is 0 Å². The van der Waals surface area contributed by atoms with Gasteiger partial charge in [0.15, 0.2) is 0 Å². The van der Waals surface area contributed by atoms with E-state index < -0.39 is 0 Å². The molecule has 0 atom stereocenters. The van der Waals surface area contributed by atoms with Gasteiger partial charge in [-0.15, -0.1) is 0 Å². The number of benzene rings is 8. The van der Waals surface area contributed by atoms with Crippen LogP contribution in [-0.2, 0) is 28.9 Å². The molecular formula is C59H60N4O2. The van der Waals surface area contributed by atoms with Gasteiger partial charge >= 0.3 is 0 Å². The molecule has 0 aliphatic heterocycles. The van der Waals surface area contributed by atoms with Gasteiger partial charge in [-0.3, -0.25) is 0 Å². The van der Waals surface area contributed by atoms with E-state index >= 15 is 0 Å². The molecule has 0 bridgehead atoms. The lowest BCUT2D eigenvalue weighted by Crippen LogP contribution is -2.00. The summed E-state index contributed by atoms with van der Waals surface area (Å²) in [7, 11) is 0. The highest BCUT2D eigenvalue weighted by molar-refractivity contribution is 6.16. The molecule has 65 heavy (non-hydrogen) atoms. The second kappa shape index (κ2) is 22.2. The predicted octanol–water partition coefficient (Wildman–Crippen LogP) is 17.1. The van der Waals surface area contributed by atoms with Gasteiger partial charge in [0.1, 0.15) is 0 Å². The number of unbranched alkanes of at least 4 members (excludes halogenated alkanes) is 10. The van der Waals surface area contributed by atoms with Crippen molar-refractivity contribution in [2.45, 2.75) is 110 Å². The molecule has 6 heteroatoms. The average Bonchev–Trinajstić information content (AvgIpc) is 3.34. The summed E-state index contributed by atoms with van der Waals surface area (Å²) in [6.45, 7) is 4.52. The number of nitrogens with one attached hydrogen (secondary N) is 2. The highest BCUT2D eigenvalue weighted by Gasteiger charge is 2.18. The summed E-state index contributed by atoms with van der Waals surface area (Å²) < 4.78 is 0. The van der Waals surface area contributed by atoms with Crippen molar-refractivity contribution >= 4 is 89.4 Å². The summed E-state index contributed by atoms with van der Waals surface area (Å²) in [5.74, 6) is 0. The van der Waals surface area contributed by atoms with Gasteiger partial charge in [-0.05, 0) is 100 Å². The Morgan fingerprint density at radius 1 is 0.400 bits per heavy atom. The van der Waals surface area contributed by atoms with E-state index in [2.05, 4.69) is 144 Å². The quantitative estimate of drug-likeness (QED) is 0.0308. The molecule has 0 heterocycles. The highest BCUT2D eigenvalue weighted by atomic mass is 16.1. The lowest BCUT2D eigenvalue weighted by atomic mass is 9.91. The maximum atomic E-state index is 11.8. The van der Waals surface area contributed by atoms with Crippen LogP contribution in [0.15, 0.2) is 143 Å². The first-order valence-electron chi connectivity index (χ1n) is 23.9. The topological polar surface area (TPSA) is 82.9 Å². The number of nitrogens with zero attached hydrogens (tertiary/aromatic N) is 2. The number of isocyanates is 2. The molecule has 0 aliphatic carbocycles. The van der Waals surface area contributed by atoms with Crippen molar-refractivity contribution in [1.82, 2.24) is 0 Å². The van der Waals surface area contributed by atoms with Crippen LogP contribution in [0.1, 0.15) is 113 Å². The molecule has 0 aromatic heterocycles. The van der Waals surface area contributed by atoms with Gasteiger partial charge in [-0.1, -0.05) is 187 Å². The summed E-state index contributed by atoms with van der Waals surface area (Å²) >= 11 is 0. The first kappa shape index (κ1) is 44.8. The molecule has 8 aromatic rings. The molecule has 0 unspecified atom stereocenters. The number of fused-ring (bicyclic) bond motifs is 4. The van der Waals surface area contributed by atoms with Crippen LogP contribution in [0, 0.1) is 0 Å². The Labute approximate surface area is 383 Å². The van der Waals surface area contributed by atoms with Crippen LogP contribution in [0.5, 0.6) is 0 Å². The first-order chi connectivity index (χ1) is 32.1. The van der Waals surface area contributed by atoms with E-state index in [1.807, 2.05) is 24.3 Å². The number of rotatable bonds is 22. The number of hydrogen-bond acceptors (Lipinski definition) is 6. The Balaban J connectivity index is 1.12. The third-order valence-electron chi connectivity index (χ3n) is 13.0. The summed E-state index contributed by atoms with van der Waals surface area (Å²) in [6, 6.07) is 46.5. The zero-order valence-electron chi connectivity index (χ0n) is 38.0. The van der Waals surface area contributed by atoms with Crippen molar-refractivity contribution in [2.24, 2.45) is 9.98 Å². The summed E-state index contributed by atoms with van der Waals surface area (Å²) in [4.78, 5) is 31.9. The van der Waals surface area contributed by atoms with Crippen LogP contribution in [0.25, 0.3) is 43.1 Å². The van der Waals surface area contributed by atoms with E-state index in [1.165, 1.54) is 96.9 Å². The van der Waals surface area contributed by atoms with Crippen molar-refractivity contribution in [3.63, 3.8) is 0 Å². The van der Waals surface area contributed by atoms with Gasteiger partial charge in [-0.25, -0.2) is 9.59 Å². The second-order valence-electron chi connectivity index (χ2n) is 17.5. The van der Waals surface area contributed by atoms with E-state index in [4.69, 9.17) is 0 Å². The molecule has 0 saturated heterocycles. The zero-order valence-corrected chi connectivity index (χ0v) is 38.0. The first-order valence-corrected chi connectivity index (χ1v) is 23.9. The molecule has 8 rings (SSSR count). The minimum atomic E-state index is 0.518. The standard InChI is InChI=1S/C59H60N4O2/c1-3-5-7-9-11-13-23-44-46-25-15-19-29-50(46)58(51-30-20-16-26-47(44)51)62-56-38-42(33-35-54(56)60-40-64)37-43-34-36-55(61-41-65)57(39-43)63-59-52-31-21-17-27-48(52)45(24-14-12-10-8-6-4-2)49-28-18-22-32-53(49)59/h15-22,25-36,38-39,62-63H,3-14,23-24,37H2,1-2H3. The molecular weight excluding hydrogens is 797 g/mol. The third-order valence-corrected chi connectivity index (χ3v) is 13.0. The van der Waals surface area contributed by atoms with Crippen LogP contribution in [0.3, 0.4) is 0 Å². The van der Waals surface area contributed by atoms with E-state index in [0.29, 0.717) is 17.8 Å². The summed E-state index contributed by atoms with van der Waals surface area (Å²) in [5.41, 5.74) is 9.28. The van der Waals surface area contributed by atoms with Gasteiger partial charge in [0, 0.05) is 21.5 Å². The normalized spacial score (nSPS) is 11.2. The molecule has 2 N–H and O–H groups in total. The minimum Gasteiger partial charge on any atom is -0.353 e. The molecule has 8 aromatic carbocycles. The van der Waals surface area contributed by atoms with Crippen molar-refractivity contribution in [2.75, 3.05) is 10.6 Å². The summed E-state index contributed by atoms with van der Waals surface area (Å²) in [6.07, 6.45) is 21.2. The Hall–Kier alpha value is -6.84.